The van der Waals surface area contributed by atoms with Crippen molar-refractivity contribution in [3.8, 4) is 11.5 Å². The summed E-state index contributed by atoms with van der Waals surface area (Å²) in [4.78, 5) is 24.8. The average Bonchev–Trinajstić information content (AvgIpc) is 2.86. The largest absolute Gasteiger partial charge is 0.507 e. The maximum atomic E-state index is 12.4. The fraction of sp³-hybridized carbons (Fsp3) is 0.0833. The number of nitrogens with zero attached hydrogens (tertiary/aromatic N) is 2. The molecule has 0 aliphatic heterocycles. The lowest BCUT2D eigenvalue weighted by atomic mass is 10.1. The van der Waals surface area contributed by atoms with Crippen LogP contribution in [0.5, 0.6) is 11.5 Å². The maximum absolute atomic E-state index is 12.4. The van der Waals surface area contributed by atoms with Crippen LogP contribution in [-0.2, 0) is 11.8 Å². The van der Waals surface area contributed by atoms with E-state index in [9.17, 15) is 19.8 Å². The monoisotopic (exact) mass is 498 g/mol. The molecule has 0 aliphatic carbocycles. The van der Waals surface area contributed by atoms with Crippen molar-refractivity contribution in [2.45, 2.75) is 11.8 Å². The third kappa shape index (κ3) is 6.57. The topological polar surface area (TPSA) is 123 Å². The molecule has 0 spiro atoms. The Morgan fingerprint density at radius 3 is 1.88 bits per heavy atom. The van der Waals surface area contributed by atoms with Gasteiger partial charge in [0, 0.05) is 34.0 Å². The van der Waals surface area contributed by atoms with Crippen LogP contribution in [0.3, 0.4) is 0 Å². The van der Waals surface area contributed by atoms with E-state index in [1.165, 1.54) is 42.8 Å². The van der Waals surface area contributed by atoms with Crippen LogP contribution in [0.2, 0.25) is 0 Å². The highest BCUT2D eigenvalue weighted by molar-refractivity contribution is 6.17. The zero-order valence-electron chi connectivity index (χ0n) is 17.7. The third-order valence-electron chi connectivity index (χ3n) is 4.62. The lowest BCUT2D eigenvalue weighted by molar-refractivity contribution is 0.0954. The summed E-state index contributed by atoms with van der Waals surface area (Å²) in [5, 5.41) is 27.5. The van der Waals surface area contributed by atoms with Crippen LogP contribution in [0.15, 0.2) is 70.9 Å². The molecule has 10 heteroatoms. The fourth-order valence-electron chi connectivity index (χ4n) is 2.82. The molecule has 3 aromatic rings. The third-order valence-corrected chi connectivity index (χ3v) is 5.24. The van der Waals surface area contributed by atoms with Gasteiger partial charge in [-0.25, -0.2) is 10.9 Å². The SMILES string of the molecule is O=C(N/N=C/c1ccc(CCl)cc1O)c1cccc(C(=O)N/N=C/c2cc(CCl)ccc2O)c1. The van der Waals surface area contributed by atoms with E-state index in [4.69, 9.17) is 23.2 Å². The number of aromatic hydroxyl groups is 2. The number of halogens is 2. The van der Waals surface area contributed by atoms with Gasteiger partial charge in [0.15, 0.2) is 0 Å². The van der Waals surface area contributed by atoms with Gasteiger partial charge in [-0.2, -0.15) is 10.2 Å². The van der Waals surface area contributed by atoms with Crippen LogP contribution in [0.25, 0.3) is 0 Å². The fourth-order valence-corrected chi connectivity index (χ4v) is 3.16. The van der Waals surface area contributed by atoms with Gasteiger partial charge in [-0.3, -0.25) is 9.59 Å². The Kier molecular flexibility index (Phi) is 8.61. The van der Waals surface area contributed by atoms with E-state index in [-0.39, 0.29) is 34.4 Å². The molecule has 3 rings (SSSR count). The zero-order valence-corrected chi connectivity index (χ0v) is 19.2. The van der Waals surface area contributed by atoms with Gasteiger partial charge in [-0.1, -0.05) is 18.2 Å². The minimum absolute atomic E-state index is 0.00519. The van der Waals surface area contributed by atoms with E-state index in [2.05, 4.69) is 21.1 Å². The van der Waals surface area contributed by atoms with Crippen molar-refractivity contribution in [3.63, 3.8) is 0 Å². The molecule has 0 saturated heterocycles. The minimum Gasteiger partial charge on any atom is -0.507 e. The lowest BCUT2D eigenvalue weighted by Gasteiger charge is -2.05. The van der Waals surface area contributed by atoms with E-state index in [1.807, 2.05) is 0 Å². The van der Waals surface area contributed by atoms with Crippen molar-refractivity contribution in [1.29, 1.82) is 0 Å². The molecule has 0 unspecified atom stereocenters. The molecule has 174 valence electrons. The first kappa shape index (κ1) is 24.8. The highest BCUT2D eigenvalue weighted by atomic mass is 35.5. The first-order chi connectivity index (χ1) is 16.4. The normalized spacial score (nSPS) is 11.1. The summed E-state index contributed by atoms with van der Waals surface area (Å²) in [7, 11) is 0. The van der Waals surface area contributed by atoms with Crippen molar-refractivity contribution < 1.29 is 19.8 Å². The first-order valence-electron chi connectivity index (χ1n) is 9.94. The number of hydrazone groups is 2. The van der Waals surface area contributed by atoms with E-state index >= 15 is 0 Å². The predicted molar refractivity (Wildman–Crippen MR) is 132 cm³/mol. The number of phenolic OH excluding ortho intramolecular Hbond substituents is 2. The average molecular weight is 499 g/mol. The van der Waals surface area contributed by atoms with Gasteiger partial charge in [0.05, 0.1) is 12.4 Å². The van der Waals surface area contributed by atoms with Crippen LogP contribution < -0.4 is 10.9 Å². The highest BCUT2D eigenvalue weighted by Crippen LogP contribution is 2.19. The molecule has 8 nitrogen and oxygen atoms in total. The second-order valence-corrected chi connectivity index (χ2v) is 7.57. The molecule has 0 aliphatic rings. The number of carbonyl (C=O) groups is 2. The Bertz CT molecular complexity index is 1260. The Morgan fingerprint density at radius 1 is 0.735 bits per heavy atom. The molecule has 0 saturated carbocycles. The number of alkyl halides is 2. The smallest absolute Gasteiger partial charge is 0.271 e. The molecule has 0 aromatic heterocycles. The number of nitrogens with one attached hydrogen (secondary N) is 2. The second kappa shape index (κ2) is 11.8. The molecule has 0 bridgehead atoms. The molecule has 0 radical (unpaired) electrons. The summed E-state index contributed by atoms with van der Waals surface area (Å²) in [6.45, 7) is 0. The van der Waals surface area contributed by atoms with Gasteiger partial charge in [0.2, 0.25) is 0 Å². The number of rotatable bonds is 8. The Balaban J connectivity index is 1.62. The Labute approximate surface area is 205 Å². The van der Waals surface area contributed by atoms with E-state index in [0.717, 1.165) is 11.1 Å². The van der Waals surface area contributed by atoms with Gasteiger partial charge >= 0.3 is 0 Å². The van der Waals surface area contributed by atoms with Crippen molar-refractivity contribution in [2.75, 3.05) is 0 Å². The Hall–Kier alpha value is -3.88. The van der Waals surface area contributed by atoms with Gasteiger partial charge in [-0.05, 0) is 53.6 Å². The number of hydrogen-bond donors (Lipinski definition) is 4. The van der Waals surface area contributed by atoms with Gasteiger partial charge in [0.1, 0.15) is 11.5 Å². The molecule has 4 N–H and O–H groups in total. The van der Waals surface area contributed by atoms with Crippen molar-refractivity contribution in [2.24, 2.45) is 10.2 Å². The summed E-state index contributed by atoms with van der Waals surface area (Å²) in [6, 6.07) is 15.7. The Morgan fingerprint density at radius 2 is 1.29 bits per heavy atom. The summed E-state index contributed by atoms with van der Waals surface area (Å²) in [5.41, 5.74) is 7.42. The van der Waals surface area contributed by atoms with Crippen molar-refractivity contribution >= 4 is 47.4 Å². The molecule has 34 heavy (non-hydrogen) atoms. The molecule has 0 heterocycles. The highest BCUT2D eigenvalue weighted by Gasteiger charge is 2.10. The summed E-state index contributed by atoms with van der Waals surface area (Å²) >= 11 is 11.5. The number of phenols is 2. The number of amides is 2. The van der Waals surface area contributed by atoms with Crippen LogP contribution >= 0.6 is 23.2 Å². The number of hydrogen-bond acceptors (Lipinski definition) is 6. The van der Waals surface area contributed by atoms with Crippen molar-refractivity contribution in [3.05, 3.63) is 94.0 Å². The van der Waals surface area contributed by atoms with Gasteiger partial charge in [0.25, 0.3) is 11.8 Å². The van der Waals surface area contributed by atoms with E-state index in [0.29, 0.717) is 11.1 Å². The zero-order chi connectivity index (χ0) is 24.5. The van der Waals surface area contributed by atoms with E-state index < -0.39 is 11.8 Å². The predicted octanol–water partition coefficient (Wildman–Crippen LogP) is 4.10. The summed E-state index contributed by atoms with van der Waals surface area (Å²) in [5.74, 6) is -0.581. The van der Waals surface area contributed by atoms with Crippen LogP contribution in [-0.4, -0.2) is 34.5 Å². The van der Waals surface area contributed by atoms with Gasteiger partial charge in [-0.15, -0.1) is 23.2 Å². The maximum Gasteiger partial charge on any atom is 0.271 e. The molecule has 0 fully saturated rings. The number of benzene rings is 3. The summed E-state index contributed by atoms with van der Waals surface area (Å²) < 4.78 is 0. The molecule has 3 aromatic carbocycles. The first-order valence-corrected chi connectivity index (χ1v) is 11.0. The summed E-state index contributed by atoms with van der Waals surface area (Å²) in [6.07, 6.45) is 2.59. The van der Waals surface area contributed by atoms with Crippen LogP contribution in [0, 0.1) is 0 Å². The van der Waals surface area contributed by atoms with E-state index in [1.54, 1.807) is 30.3 Å². The standard InChI is InChI=1S/C24H20Cl2N4O4/c25-11-15-5-7-21(31)20(8-15)14-28-30-24(34)18-3-1-2-17(10-18)23(33)29-27-13-19-6-4-16(12-26)9-22(19)32/h1-10,13-14,31-32H,11-12H2,(H,29,33)(H,30,34)/b27-13+,28-14+. The second-order valence-electron chi connectivity index (χ2n) is 7.03. The molecule has 2 amide bonds. The lowest BCUT2D eigenvalue weighted by Crippen LogP contribution is -2.20. The minimum atomic E-state index is -0.549. The molecular weight excluding hydrogens is 479 g/mol. The van der Waals surface area contributed by atoms with Crippen molar-refractivity contribution in [1.82, 2.24) is 10.9 Å². The quantitative estimate of drug-likeness (QED) is 0.212. The number of carbonyl (C=O) groups excluding carboxylic acids is 2. The van der Waals surface area contributed by atoms with Crippen LogP contribution in [0.4, 0.5) is 0 Å². The van der Waals surface area contributed by atoms with Gasteiger partial charge < -0.3 is 10.2 Å². The molecular formula is C24H20Cl2N4O4. The van der Waals surface area contributed by atoms with Crippen LogP contribution in [0.1, 0.15) is 43.0 Å². The molecule has 0 atom stereocenters.